The Bertz CT molecular complexity index is 1600. The van der Waals surface area contributed by atoms with E-state index in [1.165, 1.54) is 35.2 Å². The van der Waals surface area contributed by atoms with Crippen molar-refractivity contribution in [3.8, 4) is 11.5 Å². The third-order valence-electron chi connectivity index (χ3n) is 8.10. The predicted molar refractivity (Wildman–Crippen MR) is 169 cm³/mol. The van der Waals surface area contributed by atoms with Crippen molar-refractivity contribution < 1.29 is 31.9 Å². The van der Waals surface area contributed by atoms with Crippen molar-refractivity contribution in [2.24, 2.45) is 0 Å². The number of fused-ring (bicyclic) bond motifs is 1. The Morgan fingerprint density at radius 2 is 1.62 bits per heavy atom. The average molecular weight is 658 g/mol. The molecule has 240 valence electrons. The van der Waals surface area contributed by atoms with Crippen molar-refractivity contribution >= 4 is 39.1 Å². The minimum absolute atomic E-state index is 0.0269. The number of rotatable bonds is 11. The number of ether oxygens (including phenoxy) is 2. The summed E-state index contributed by atoms with van der Waals surface area (Å²) < 4.78 is 54.3. The van der Waals surface area contributed by atoms with Gasteiger partial charge in [0.15, 0.2) is 11.5 Å². The fourth-order valence-corrected chi connectivity index (χ4v) is 7.25. The molecule has 0 spiro atoms. The van der Waals surface area contributed by atoms with Crippen LogP contribution in [-0.4, -0.2) is 57.0 Å². The van der Waals surface area contributed by atoms with Gasteiger partial charge in [0, 0.05) is 23.7 Å². The van der Waals surface area contributed by atoms with Crippen LogP contribution in [0.25, 0.3) is 0 Å². The number of nitrogens with zero attached hydrogens (tertiary/aromatic N) is 2. The monoisotopic (exact) mass is 657 g/mol. The van der Waals surface area contributed by atoms with Gasteiger partial charge < -0.3 is 19.7 Å². The van der Waals surface area contributed by atoms with Gasteiger partial charge in [0.1, 0.15) is 31.6 Å². The van der Waals surface area contributed by atoms with Crippen LogP contribution in [-0.2, 0) is 26.2 Å². The molecule has 5 rings (SSSR count). The molecule has 1 saturated carbocycles. The van der Waals surface area contributed by atoms with Crippen LogP contribution in [0.2, 0.25) is 5.02 Å². The minimum Gasteiger partial charge on any atom is -0.486 e. The van der Waals surface area contributed by atoms with Crippen LogP contribution in [0.1, 0.15) is 51.0 Å². The van der Waals surface area contributed by atoms with E-state index in [9.17, 15) is 22.4 Å². The Morgan fingerprint density at radius 1 is 0.956 bits per heavy atom. The van der Waals surface area contributed by atoms with Gasteiger partial charge in [-0.15, -0.1) is 0 Å². The SMILES string of the molecule is CC[C@H](C(=O)NC1CCCCC1)N(Cc1ccc(Cl)cc1)C(=O)CN(c1ccc(F)cc1)S(=O)(=O)c1ccc2c(c1)OCCO2. The van der Waals surface area contributed by atoms with Crippen molar-refractivity contribution in [2.75, 3.05) is 24.1 Å². The van der Waals surface area contributed by atoms with Crippen LogP contribution in [0.15, 0.2) is 71.6 Å². The normalized spacial score (nSPS) is 15.6. The van der Waals surface area contributed by atoms with E-state index in [0.717, 1.165) is 54.1 Å². The molecular weight excluding hydrogens is 621 g/mol. The summed E-state index contributed by atoms with van der Waals surface area (Å²) in [5, 5.41) is 3.64. The van der Waals surface area contributed by atoms with Crippen molar-refractivity contribution in [1.82, 2.24) is 10.2 Å². The molecule has 0 bridgehead atoms. The summed E-state index contributed by atoms with van der Waals surface area (Å²) in [4.78, 5) is 29.2. The molecule has 2 amide bonds. The molecule has 3 aromatic carbocycles. The molecule has 0 aromatic heterocycles. The Hall–Kier alpha value is -3.83. The standard InChI is InChI=1S/C33H37ClFN3O6S/c1-2-29(33(40)36-26-6-4-3-5-7-26)37(21-23-8-10-24(34)11-9-23)32(39)22-38(27-14-12-25(35)13-15-27)45(41,42)28-16-17-30-31(20-28)44-19-18-43-30/h8-17,20,26,29H,2-7,18-19,21-22H2,1H3,(H,36,40)/t29-/m1/s1. The Morgan fingerprint density at radius 3 is 2.29 bits per heavy atom. The molecule has 1 fully saturated rings. The van der Waals surface area contributed by atoms with E-state index in [0.29, 0.717) is 23.8 Å². The molecule has 3 aromatic rings. The number of amides is 2. The third-order valence-corrected chi connectivity index (χ3v) is 10.1. The topological polar surface area (TPSA) is 105 Å². The predicted octanol–water partition coefficient (Wildman–Crippen LogP) is 5.70. The lowest BCUT2D eigenvalue weighted by Crippen LogP contribution is -2.54. The molecule has 12 heteroatoms. The summed E-state index contributed by atoms with van der Waals surface area (Å²) in [5.74, 6) is -0.761. The second-order valence-corrected chi connectivity index (χ2v) is 13.5. The van der Waals surface area contributed by atoms with Crippen LogP contribution in [0, 0.1) is 5.82 Å². The van der Waals surface area contributed by atoms with E-state index >= 15 is 0 Å². The van der Waals surface area contributed by atoms with E-state index < -0.39 is 34.3 Å². The van der Waals surface area contributed by atoms with Gasteiger partial charge in [-0.2, -0.15) is 0 Å². The Balaban J connectivity index is 1.49. The molecular formula is C33H37ClFN3O6S. The molecule has 0 radical (unpaired) electrons. The molecule has 1 heterocycles. The molecule has 2 aliphatic rings. The van der Waals surface area contributed by atoms with Crippen LogP contribution in [0.3, 0.4) is 0 Å². The summed E-state index contributed by atoms with van der Waals surface area (Å²) in [6.45, 7) is 1.83. The highest BCUT2D eigenvalue weighted by atomic mass is 35.5. The average Bonchev–Trinajstić information content (AvgIpc) is 3.05. The lowest BCUT2D eigenvalue weighted by atomic mass is 9.95. The number of benzene rings is 3. The summed E-state index contributed by atoms with van der Waals surface area (Å²) >= 11 is 6.10. The second-order valence-electron chi connectivity index (χ2n) is 11.2. The molecule has 0 unspecified atom stereocenters. The molecule has 9 nitrogen and oxygen atoms in total. The van der Waals surface area contributed by atoms with Gasteiger partial charge in [0.25, 0.3) is 10.0 Å². The first-order valence-corrected chi connectivity index (χ1v) is 17.0. The summed E-state index contributed by atoms with van der Waals surface area (Å²) in [6, 6.07) is 15.2. The zero-order valence-electron chi connectivity index (χ0n) is 25.1. The number of nitrogens with one attached hydrogen (secondary N) is 1. The smallest absolute Gasteiger partial charge is 0.264 e. The van der Waals surface area contributed by atoms with Crippen LogP contribution < -0.4 is 19.1 Å². The largest absolute Gasteiger partial charge is 0.486 e. The van der Waals surface area contributed by atoms with E-state index in [4.69, 9.17) is 21.1 Å². The van der Waals surface area contributed by atoms with Crippen molar-refractivity contribution in [3.05, 3.63) is 83.1 Å². The van der Waals surface area contributed by atoms with Crippen LogP contribution >= 0.6 is 11.6 Å². The molecule has 1 aliphatic heterocycles. The number of hydrogen-bond donors (Lipinski definition) is 1. The van der Waals surface area contributed by atoms with E-state index in [1.54, 1.807) is 24.3 Å². The summed E-state index contributed by atoms with van der Waals surface area (Å²) in [7, 11) is -4.37. The summed E-state index contributed by atoms with van der Waals surface area (Å²) in [6.07, 6.45) is 5.24. The first-order chi connectivity index (χ1) is 21.7. The lowest BCUT2D eigenvalue weighted by molar-refractivity contribution is -0.140. The number of carbonyl (C=O) groups excluding carboxylic acids is 2. The van der Waals surface area contributed by atoms with E-state index in [2.05, 4.69) is 5.32 Å². The van der Waals surface area contributed by atoms with Crippen molar-refractivity contribution in [3.63, 3.8) is 0 Å². The Kier molecular flexibility index (Phi) is 10.5. The fourth-order valence-electron chi connectivity index (χ4n) is 5.70. The van der Waals surface area contributed by atoms with Gasteiger partial charge in [-0.1, -0.05) is 49.9 Å². The highest BCUT2D eigenvalue weighted by Crippen LogP contribution is 2.34. The zero-order valence-corrected chi connectivity index (χ0v) is 26.7. The highest BCUT2D eigenvalue weighted by molar-refractivity contribution is 7.92. The minimum atomic E-state index is -4.37. The maximum absolute atomic E-state index is 14.3. The van der Waals surface area contributed by atoms with Gasteiger partial charge in [-0.05, 0) is 73.4 Å². The van der Waals surface area contributed by atoms with Crippen LogP contribution in [0.5, 0.6) is 11.5 Å². The maximum Gasteiger partial charge on any atom is 0.264 e. The van der Waals surface area contributed by atoms with Gasteiger partial charge in [0.2, 0.25) is 11.8 Å². The Labute approximate surface area is 268 Å². The maximum atomic E-state index is 14.3. The van der Waals surface area contributed by atoms with Crippen molar-refractivity contribution in [1.29, 1.82) is 0 Å². The third kappa shape index (κ3) is 7.88. The quantitative estimate of drug-likeness (QED) is 0.284. The molecule has 0 saturated heterocycles. The van der Waals surface area contributed by atoms with Gasteiger partial charge in [-0.3, -0.25) is 13.9 Å². The number of halogens is 2. The first-order valence-electron chi connectivity index (χ1n) is 15.2. The van der Waals surface area contributed by atoms with E-state index in [1.807, 2.05) is 6.92 Å². The van der Waals surface area contributed by atoms with E-state index in [-0.39, 0.29) is 41.4 Å². The molecule has 45 heavy (non-hydrogen) atoms. The van der Waals surface area contributed by atoms with Crippen LogP contribution in [0.4, 0.5) is 10.1 Å². The van der Waals surface area contributed by atoms with Gasteiger partial charge in [0.05, 0.1) is 10.6 Å². The molecule has 1 N–H and O–H groups in total. The fraction of sp³-hybridized carbons (Fsp3) is 0.394. The second kappa shape index (κ2) is 14.5. The molecule has 1 atom stereocenters. The van der Waals surface area contributed by atoms with Gasteiger partial charge in [-0.25, -0.2) is 12.8 Å². The van der Waals surface area contributed by atoms with Gasteiger partial charge >= 0.3 is 0 Å². The lowest BCUT2D eigenvalue weighted by Gasteiger charge is -2.34. The number of hydrogen-bond acceptors (Lipinski definition) is 6. The first kappa shape index (κ1) is 32.6. The van der Waals surface area contributed by atoms with Crippen molar-refractivity contribution in [2.45, 2.75) is 69.0 Å². The number of anilines is 1. The molecule has 1 aliphatic carbocycles. The zero-order chi connectivity index (χ0) is 32.0. The number of sulfonamides is 1. The highest BCUT2D eigenvalue weighted by Gasteiger charge is 2.35. The number of carbonyl (C=O) groups is 2. The summed E-state index contributed by atoms with van der Waals surface area (Å²) in [5.41, 5.74) is 0.811.